The van der Waals surface area contributed by atoms with Crippen molar-refractivity contribution in [2.45, 2.75) is 31.9 Å². The van der Waals surface area contributed by atoms with Crippen LogP contribution in [0.25, 0.3) is 0 Å². The second kappa shape index (κ2) is 4.75. The van der Waals surface area contributed by atoms with Crippen molar-refractivity contribution < 1.29 is 4.74 Å². The van der Waals surface area contributed by atoms with E-state index in [0.29, 0.717) is 0 Å². The summed E-state index contributed by atoms with van der Waals surface area (Å²) in [6.07, 6.45) is 2.06. The number of hydrogen-bond donors (Lipinski definition) is 1. The lowest BCUT2D eigenvalue weighted by Gasteiger charge is -2.17. The predicted molar refractivity (Wildman–Crippen MR) is 75.2 cm³/mol. The summed E-state index contributed by atoms with van der Waals surface area (Å²) in [7, 11) is 0. The number of nitrogens with two attached hydrogens (primary N) is 1. The Balaban J connectivity index is 1.77. The molecule has 1 aromatic carbocycles. The van der Waals surface area contributed by atoms with Crippen LogP contribution in [-0.2, 0) is 12.8 Å². The summed E-state index contributed by atoms with van der Waals surface area (Å²) < 4.78 is 5.95. The van der Waals surface area contributed by atoms with Crippen molar-refractivity contribution in [2.24, 2.45) is 5.73 Å². The molecule has 1 aliphatic rings. The molecule has 3 rings (SSSR count). The molecule has 2 nitrogen and oxygen atoms in total. The molecule has 2 unspecified atom stereocenters. The van der Waals surface area contributed by atoms with Gasteiger partial charge in [-0.2, -0.15) is 0 Å². The summed E-state index contributed by atoms with van der Waals surface area (Å²) in [6, 6.07) is 12.5. The fourth-order valence-corrected chi connectivity index (χ4v) is 3.36. The van der Waals surface area contributed by atoms with E-state index in [4.69, 9.17) is 10.5 Å². The van der Waals surface area contributed by atoms with Crippen molar-refractivity contribution in [2.75, 3.05) is 0 Å². The molecule has 0 aliphatic carbocycles. The molecule has 94 valence electrons. The summed E-state index contributed by atoms with van der Waals surface area (Å²) in [6.45, 7) is 2.17. The predicted octanol–water partition coefficient (Wildman–Crippen LogP) is 3.31. The zero-order valence-corrected chi connectivity index (χ0v) is 11.2. The minimum atomic E-state index is -0.0253. The van der Waals surface area contributed by atoms with Crippen LogP contribution in [0.3, 0.4) is 0 Å². The van der Waals surface area contributed by atoms with E-state index in [1.807, 2.05) is 12.1 Å². The maximum absolute atomic E-state index is 6.33. The Labute approximate surface area is 111 Å². The van der Waals surface area contributed by atoms with E-state index in [-0.39, 0.29) is 12.1 Å². The highest BCUT2D eigenvalue weighted by molar-refractivity contribution is 7.12. The first-order chi connectivity index (χ1) is 8.78. The molecule has 18 heavy (non-hydrogen) atoms. The molecule has 2 aromatic rings. The van der Waals surface area contributed by atoms with E-state index in [1.54, 1.807) is 11.3 Å². The van der Waals surface area contributed by atoms with E-state index in [9.17, 15) is 0 Å². The van der Waals surface area contributed by atoms with Gasteiger partial charge >= 0.3 is 0 Å². The van der Waals surface area contributed by atoms with Crippen LogP contribution in [0.4, 0.5) is 0 Å². The summed E-state index contributed by atoms with van der Waals surface area (Å²) in [5.41, 5.74) is 7.60. The van der Waals surface area contributed by atoms with Gasteiger partial charge in [-0.05, 0) is 30.2 Å². The second-order valence-electron chi connectivity index (χ2n) is 4.65. The van der Waals surface area contributed by atoms with E-state index in [2.05, 4.69) is 31.2 Å². The van der Waals surface area contributed by atoms with Crippen molar-refractivity contribution in [1.82, 2.24) is 0 Å². The van der Waals surface area contributed by atoms with E-state index >= 15 is 0 Å². The number of hydrogen-bond acceptors (Lipinski definition) is 3. The summed E-state index contributed by atoms with van der Waals surface area (Å²) in [4.78, 5) is 2.61. The Bertz CT molecular complexity index is 524. The third-order valence-corrected chi connectivity index (χ3v) is 4.76. The smallest absolute Gasteiger partial charge is 0.123 e. The summed E-state index contributed by atoms with van der Waals surface area (Å²) in [5, 5.41) is 0. The number of benzene rings is 1. The number of ether oxygens (including phenoxy) is 1. The van der Waals surface area contributed by atoms with Crippen molar-refractivity contribution in [1.29, 1.82) is 0 Å². The van der Waals surface area contributed by atoms with E-state index in [1.165, 1.54) is 15.3 Å². The van der Waals surface area contributed by atoms with Gasteiger partial charge in [-0.25, -0.2) is 0 Å². The average Bonchev–Trinajstić information content (AvgIpc) is 3.04. The Morgan fingerprint density at radius 3 is 2.89 bits per heavy atom. The van der Waals surface area contributed by atoms with Gasteiger partial charge in [0.15, 0.2) is 0 Å². The molecule has 1 aromatic heterocycles. The van der Waals surface area contributed by atoms with Crippen LogP contribution in [0, 0.1) is 0 Å². The van der Waals surface area contributed by atoms with Gasteiger partial charge in [-0.3, -0.25) is 0 Å². The Morgan fingerprint density at radius 2 is 2.17 bits per heavy atom. The van der Waals surface area contributed by atoms with Crippen LogP contribution in [0.15, 0.2) is 36.4 Å². The van der Waals surface area contributed by atoms with Crippen LogP contribution in [-0.4, -0.2) is 6.10 Å². The van der Waals surface area contributed by atoms with Crippen LogP contribution < -0.4 is 10.5 Å². The van der Waals surface area contributed by atoms with Gasteiger partial charge < -0.3 is 10.5 Å². The molecular weight excluding hydrogens is 242 g/mol. The Kier molecular flexibility index (Phi) is 3.10. The molecular formula is C15H17NOS. The molecule has 0 radical (unpaired) electrons. The molecule has 0 spiro atoms. The fourth-order valence-electron chi connectivity index (χ4n) is 2.36. The minimum absolute atomic E-state index is 0.0253. The van der Waals surface area contributed by atoms with Gasteiger partial charge in [-0.15, -0.1) is 11.3 Å². The first-order valence-electron chi connectivity index (χ1n) is 6.36. The average molecular weight is 259 g/mol. The highest BCUT2D eigenvalue weighted by Gasteiger charge is 2.29. The van der Waals surface area contributed by atoms with Gasteiger partial charge in [0.05, 0.1) is 6.04 Å². The molecule has 3 heteroatoms. The topological polar surface area (TPSA) is 35.2 Å². The molecule has 0 saturated carbocycles. The molecule has 0 fully saturated rings. The SMILES string of the molecule is CCc1ccc(C(N)C2Cc3ccccc3O2)s1. The fraction of sp³-hybridized carbons (Fsp3) is 0.333. The lowest BCUT2D eigenvalue weighted by Crippen LogP contribution is -2.29. The molecule has 2 atom stereocenters. The minimum Gasteiger partial charge on any atom is -0.488 e. The first-order valence-corrected chi connectivity index (χ1v) is 7.18. The third kappa shape index (κ3) is 2.04. The van der Waals surface area contributed by atoms with Crippen molar-refractivity contribution in [3.63, 3.8) is 0 Å². The van der Waals surface area contributed by atoms with E-state index < -0.39 is 0 Å². The van der Waals surface area contributed by atoms with Crippen LogP contribution in [0.1, 0.15) is 28.3 Å². The maximum atomic E-state index is 6.33. The lowest BCUT2D eigenvalue weighted by molar-refractivity contribution is 0.201. The Morgan fingerprint density at radius 1 is 1.33 bits per heavy atom. The molecule has 1 aliphatic heterocycles. The van der Waals surface area contributed by atoms with Gasteiger partial charge in [0, 0.05) is 16.2 Å². The van der Waals surface area contributed by atoms with E-state index in [0.717, 1.165) is 18.6 Å². The Hall–Kier alpha value is -1.32. The van der Waals surface area contributed by atoms with Gasteiger partial charge in [0.2, 0.25) is 0 Å². The number of para-hydroxylation sites is 1. The largest absolute Gasteiger partial charge is 0.488 e. The summed E-state index contributed by atoms with van der Waals surface area (Å²) in [5.74, 6) is 0.991. The van der Waals surface area contributed by atoms with Crippen LogP contribution in [0.2, 0.25) is 0 Å². The first kappa shape index (κ1) is 11.8. The summed E-state index contributed by atoms with van der Waals surface area (Å²) >= 11 is 1.80. The quantitative estimate of drug-likeness (QED) is 0.917. The van der Waals surface area contributed by atoms with Crippen LogP contribution in [0.5, 0.6) is 5.75 Å². The van der Waals surface area contributed by atoms with Crippen molar-refractivity contribution in [3.05, 3.63) is 51.7 Å². The highest BCUT2D eigenvalue weighted by atomic mass is 32.1. The lowest BCUT2D eigenvalue weighted by atomic mass is 10.0. The standard InChI is InChI=1S/C15H17NOS/c1-2-11-7-8-14(18-11)15(16)13-9-10-5-3-4-6-12(10)17-13/h3-8,13,15H,2,9,16H2,1H3. The zero-order chi connectivity index (χ0) is 12.5. The van der Waals surface area contributed by atoms with Crippen LogP contribution >= 0.6 is 11.3 Å². The van der Waals surface area contributed by atoms with Gasteiger partial charge in [0.25, 0.3) is 0 Å². The molecule has 2 heterocycles. The second-order valence-corrected chi connectivity index (χ2v) is 5.85. The number of thiophene rings is 1. The van der Waals surface area contributed by atoms with Gasteiger partial charge in [-0.1, -0.05) is 25.1 Å². The monoisotopic (exact) mass is 259 g/mol. The highest BCUT2D eigenvalue weighted by Crippen LogP contribution is 2.34. The zero-order valence-electron chi connectivity index (χ0n) is 10.4. The molecule has 0 bridgehead atoms. The number of rotatable bonds is 3. The molecule has 2 N–H and O–H groups in total. The van der Waals surface area contributed by atoms with Gasteiger partial charge in [0.1, 0.15) is 11.9 Å². The number of fused-ring (bicyclic) bond motifs is 1. The maximum Gasteiger partial charge on any atom is 0.123 e. The normalized spacial score (nSPS) is 19.3. The number of aryl methyl sites for hydroxylation is 1. The van der Waals surface area contributed by atoms with Crippen molar-refractivity contribution >= 4 is 11.3 Å². The molecule has 0 saturated heterocycles. The van der Waals surface area contributed by atoms with Crippen molar-refractivity contribution in [3.8, 4) is 5.75 Å². The third-order valence-electron chi connectivity index (χ3n) is 3.43. The molecule has 0 amide bonds.